The molecule has 0 unspecified atom stereocenters. The molecule has 0 radical (unpaired) electrons. The van der Waals surface area contributed by atoms with Crippen LogP contribution in [-0.4, -0.2) is 16.7 Å². The molecule has 1 heterocycles. The van der Waals surface area contributed by atoms with Crippen LogP contribution in [0.3, 0.4) is 0 Å². The van der Waals surface area contributed by atoms with Crippen molar-refractivity contribution in [2.75, 3.05) is 0 Å². The Kier molecular flexibility index (Phi) is 3.84. The van der Waals surface area contributed by atoms with Gasteiger partial charge in [-0.3, -0.25) is 25.0 Å². The molecule has 0 saturated heterocycles. The van der Waals surface area contributed by atoms with Gasteiger partial charge in [-0.25, -0.2) is 0 Å². The van der Waals surface area contributed by atoms with Gasteiger partial charge in [-0.05, 0) is 30.7 Å². The van der Waals surface area contributed by atoms with Gasteiger partial charge in [-0.2, -0.15) is 0 Å². The summed E-state index contributed by atoms with van der Waals surface area (Å²) in [7, 11) is 0. The van der Waals surface area contributed by atoms with Crippen LogP contribution >= 0.6 is 0 Å². The van der Waals surface area contributed by atoms with E-state index in [0.29, 0.717) is 0 Å². The van der Waals surface area contributed by atoms with Gasteiger partial charge in [0.25, 0.3) is 11.6 Å². The molecule has 0 atom stereocenters. The first kappa shape index (κ1) is 14.4. The maximum atomic E-state index is 11.6. The lowest BCUT2D eigenvalue weighted by Crippen LogP contribution is -2.27. The number of nitrogens with zero attached hydrogens (tertiary/aromatic N) is 1. The number of hydrogen-bond acceptors (Lipinski definition) is 5. The van der Waals surface area contributed by atoms with Crippen LogP contribution in [0.4, 0.5) is 5.69 Å². The Bertz CT molecular complexity index is 733. The van der Waals surface area contributed by atoms with E-state index in [4.69, 9.17) is 4.42 Å². The Balaban J connectivity index is 2.40. The molecule has 1 aromatic heterocycles. The molecule has 108 valence electrons. The van der Waals surface area contributed by atoms with Crippen molar-refractivity contribution in [1.29, 1.82) is 0 Å². The highest BCUT2D eigenvalue weighted by Gasteiger charge is 2.20. The molecule has 1 aromatic carbocycles. The first-order chi connectivity index (χ1) is 9.88. The summed E-state index contributed by atoms with van der Waals surface area (Å²) in [5, 5.41) is 13.1. The smallest absolute Gasteiger partial charge is 0.293 e. The number of carbonyl (C=O) groups is 2. The van der Waals surface area contributed by atoms with Gasteiger partial charge in [0.1, 0.15) is 5.76 Å². The van der Waals surface area contributed by atoms with Crippen molar-refractivity contribution < 1.29 is 18.9 Å². The summed E-state index contributed by atoms with van der Waals surface area (Å²) in [5.74, 6) is -1.10. The minimum absolute atomic E-state index is 0.0879. The van der Waals surface area contributed by atoms with Gasteiger partial charge in [-0.1, -0.05) is 6.07 Å². The molecule has 0 saturated carbocycles. The van der Waals surface area contributed by atoms with Crippen molar-refractivity contribution in [2.45, 2.75) is 13.8 Å². The van der Waals surface area contributed by atoms with Crippen molar-refractivity contribution in [3.63, 3.8) is 0 Å². The number of rotatable bonds is 3. The third kappa shape index (κ3) is 3.14. The standard InChI is InChI=1S/C14H12N2O5/c1-8-3-4-10(11(7-8)16(19)20)12-5-6-13(21-12)14(18)15-9(2)17/h3-7H,1-2H3,(H,15,17,18). The average molecular weight is 288 g/mol. The molecular weight excluding hydrogens is 276 g/mol. The maximum absolute atomic E-state index is 11.6. The van der Waals surface area contributed by atoms with Crippen LogP contribution in [0.25, 0.3) is 11.3 Å². The third-order valence-electron chi connectivity index (χ3n) is 2.73. The van der Waals surface area contributed by atoms with E-state index in [-0.39, 0.29) is 22.8 Å². The highest BCUT2D eigenvalue weighted by atomic mass is 16.6. The average Bonchev–Trinajstić information content (AvgIpc) is 2.87. The van der Waals surface area contributed by atoms with Crippen LogP contribution in [0.1, 0.15) is 23.0 Å². The molecule has 21 heavy (non-hydrogen) atoms. The number of furan rings is 1. The molecule has 7 nitrogen and oxygen atoms in total. The SMILES string of the molecule is CC(=O)NC(=O)c1ccc(-c2ccc(C)cc2[N+](=O)[O-])o1. The van der Waals surface area contributed by atoms with E-state index in [1.165, 1.54) is 25.1 Å². The molecule has 0 fully saturated rings. The van der Waals surface area contributed by atoms with E-state index in [1.54, 1.807) is 19.1 Å². The summed E-state index contributed by atoms with van der Waals surface area (Å²) >= 11 is 0. The summed E-state index contributed by atoms with van der Waals surface area (Å²) in [4.78, 5) is 33.0. The van der Waals surface area contributed by atoms with Crippen molar-refractivity contribution in [3.8, 4) is 11.3 Å². The summed E-state index contributed by atoms with van der Waals surface area (Å²) in [6, 6.07) is 7.50. The van der Waals surface area contributed by atoms with Crippen LogP contribution < -0.4 is 5.32 Å². The van der Waals surface area contributed by atoms with Gasteiger partial charge in [0.15, 0.2) is 5.76 Å². The molecule has 0 aliphatic rings. The number of aryl methyl sites for hydroxylation is 1. The molecule has 0 spiro atoms. The number of imide groups is 1. The topological polar surface area (TPSA) is 102 Å². The summed E-state index contributed by atoms with van der Waals surface area (Å²) in [6.07, 6.45) is 0. The summed E-state index contributed by atoms with van der Waals surface area (Å²) in [5.41, 5.74) is 0.905. The van der Waals surface area contributed by atoms with Crippen LogP contribution in [0.5, 0.6) is 0 Å². The van der Waals surface area contributed by atoms with Gasteiger partial charge >= 0.3 is 0 Å². The zero-order chi connectivity index (χ0) is 15.6. The predicted octanol–water partition coefficient (Wildman–Crippen LogP) is 2.44. The highest BCUT2D eigenvalue weighted by Crippen LogP contribution is 2.31. The first-order valence-electron chi connectivity index (χ1n) is 6.05. The van der Waals surface area contributed by atoms with Crippen LogP contribution in [0.15, 0.2) is 34.7 Å². The Hall–Kier alpha value is -2.96. The quantitative estimate of drug-likeness (QED) is 0.690. The van der Waals surface area contributed by atoms with Crippen molar-refractivity contribution in [3.05, 3.63) is 51.8 Å². The van der Waals surface area contributed by atoms with Gasteiger partial charge < -0.3 is 4.42 Å². The fourth-order valence-corrected chi connectivity index (χ4v) is 1.83. The van der Waals surface area contributed by atoms with Gasteiger partial charge in [0, 0.05) is 13.0 Å². The van der Waals surface area contributed by atoms with E-state index < -0.39 is 16.7 Å². The van der Waals surface area contributed by atoms with Gasteiger partial charge in [0.05, 0.1) is 10.5 Å². The lowest BCUT2D eigenvalue weighted by Gasteiger charge is -2.01. The number of carbonyl (C=O) groups excluding carboxylic acids is 2. The van der Waals surface area contributed by atoms with Crippen LogP contribution in [-0.2, 0) is 4.79 Å². The monoisotopic (exact) mass is 288 g/mol. The molecule has 2 amide bonds. The number of amides is 2. The zero-order valence-electron chi connectivity index (χ0n) is 11.4. The van der Waals surface area contributed by atoms with Gasteiger partial charge in [-0.15, -0.1) is 0 Å². The Morgan fingerprint density at radius 1 is 1.24 bits per heavy atom. The van der Waals surface area contributed by atoms with Gasteiger partial charge in [0.2, 0.25) is 5.91 Å². The number of nitro groups is 1. The lowest BCUT2D eigenvalue weighted by molar-refractivity contribution is -0.384. The normalized spacial score (nSPS) is 10.2. The van der Waals surface area contributed by atoms with Crippen molar-refractivity contribution in [1.82, 2.24) is 5.32 Å². The molecule has 2 rings (SSSR count). The van der Waals surface area contributed by atoms with E-state index >= 15 is 0 Å². The number of nitrogens with one attached hydrogen (secondary N) is 1. The molecule has 2 aromatic rings. The first-order valence-corrected chi connectivity index (χ1v) is 6.05. The molecular formula is C14H12N2O5. The molecule has 7 heteroatoms. The second kappa shape index (κ2) is 5.58. The van der Waals surface area contributed by atoms with Crippen LogP contribution in [0.2, 0.25) is 0 Å². The maximum Gasteiger partial charge on any atom is 0.293 e. The van der Waals surface area contributed by atoms with E-state index in [9.17, 15) is 19.7 Å². The van der Waals surface area contributed by atoms with E-state index in [2.05, 4.69) is 5.32 Å². The summed E-state index contributed by atoms with van der Waals surface area (Å²) < 4.78 is 5.29. The fourth-order valence-electron chi connectivity index (χ4n) is 1.83. The molecule has 0 aliphatic heterocycles. The lowest BCUT2D eigenvalue weighted by atomic mass is 10.1. The predicted molar refractivity (Wildman–Crippen MR) is 73.7 cm³/mol. The highest BCUT2D eigenvalue weighted by molar-refractivity contribution is 6.02. The Labute approximate surface area is 119 Å². The number of benzene rings is 1. The van der Waals surface area contributed by atoms with Crippen molar-refractivity contribution >= 4 is 17.5 Å². The second-order valence-corrected chi connectivity index (χ2v) is 4.45. The number of nitro benzene ring substituents is 1. The zero-order valence-corrected chi connectivity index (χ0v) is 11.4. The molecule has 0 bridgehead atoms. The van der Waals surface area contributed by atoms with Crippen molar-refractivity contribution in [2.24, 2.45) is 0 Å². The molecule has 0 aliphatic carbocycles. The number of hydrogen-bond donors (Lipinski definition) is 1. The molecule has 1 N–H and O–H groups in total. The Morgan fingerprint density at radius 3 is 2.57 bits per heavy atom. The fraction of sp³-hybridized carbons (Fsp3) is 0.143. The van der Waals surface area contributed by atoms with Crippen LogP contribution in [0, 0.1) is 17.0 Å². The largest absolute Gasteiger partial charge is 0.451 e. The third-order valence-corrected chi connectivity index (χ3v) is 2.73. The minimum atomic E-state index is -0.691. The summed E-state index contributed by atoms with van der Waals surface area (Å²) in [6.45, 7) is 2.94. The van der Waals surface area contributed by atoms with E-state index in [0.717, 1.165) is 5.56 Å². The Morgan fingerprint density at radius 2 is 1.95 bits per heavy atom. The minimum Gasteiger partial charge on any atom is -0.451 e. The van der Waals surface area contributed by atoms with E-state index in [1.807, 2.05) is 0 Å². The second-order valence-electron chi connectivity index (χ2n) is 4.45.